The van der Waals surface area contributed by atoms with Gasteiger partial charge in [-0.2, -0.15) is 0 Å². The van der Waals surface area contributed by atoms with Crippen molar-refractivity contribution in [1.82, 2.24) is 4.90 Å². The number of nitro benzene ring substituents is 1. The van der Waals surface area contributed by atoms with Gasteiger partial charge in [-0.1, -0.05) is 12.1 Å². The minimum Gasteiger partial charge on any atom is -0.452 e. The van der Waals surface area contributed by atoms with Crippen molar-refractivity contribution in [2.75, 3.05) is 19.4 Å². The number of anilines is 1. The Morgan fingerprint density at radius 2 is 1.88 bits per heavy atom. The number of nitrogens with zero attached hydrogens (tertiary/aromatic N) is 2. The molecular formula is C17H16FN3O5. The largest absolute Gasteiger partial charge is 0.452 e. The summed E-state index contributed by atoms with van der Waals surface area (Å²) in [6.45, 7) is -0.321. The maximum absolute atomic E-state index is 12.9. The number of nitrogens with two attached hydrogens (primary N) is 1. The molecule has 0 spiro atoms. The van der Waals surface area contributed by atoms with Crippen LogP contribution in [-0.2, 0) is 16.1 Å². The van der Waals surface area contributed by atoms with Crippen molar-refractivity contribution in [1.29, 1.82) is 0 Å². The summed E-state index contributed by atoms with van der Waals surface area (Å²) < 4.78 is 17.8. The molecule has 8 nitrogen and oxygen atoms in total. The van der Waals surface area contributed by atoms with Crippen LogP contribution in [0.3, 0.4) is 0 Å². The highest BCUT2D eigenvalue weighted by atomic mass is 19.1. The Balaban J connectivity index is 1.93. The van der Waals surface area contributed by atoms with Gasteiger partial charge in [0.05, 0.1) is 10.5 Å². The highest BCUT2D eigenvalue weighted by molar-refractivity contribution is 5.92. The van der Waals surface area contributed by atoms with Crippen molar-refractivity contribution in [3.63, 3.8) is 0 Å². The zero-order chi connectivity index (χ0) is 19.3. The van der Waals surface area contributed by atoms with E-state index in [-0.39, 0.29) is 23.6 Å². The zero-order valence-corrected chi connectivity index (χ0v) is 13.8. The van der Waals surface area contributed by atoms with Crippen molar-refractivity contribution in [2.24, 2.45) is 0 Å². The van der Waals surface area contributed by atoms with E-state index in [4.69, 9.17) is 10.5 Å². The van der Waals surface area contributed by atoms with Crippen LogP contribution >= 0.6 is 0 Å². The molecule has 26 heavy (non-hydrogen) atoms. The molecule has 9 heteroatoms. The molecular weight excluding hydrogens is 345 g/mol. The number of esters is 1. The predicted molar refractivity (Wildman–Crippen MR) is 90.7 cm³/mol. The minimum absolute atomic E-state index is 0.0818. The molecule has 0 aliphatic rings. The summed E-state index contributed by atoms with van der Waals surface area (Å²) in [4.78, 5) is 35.4. The Kier molecular flexibility index (Phi) is 5.84. The number of nitrogen functional groups attached to an aromatic ring is 1. The fourth-order valence-corrected chi connectivity index (χ4v) is 2.10. The van der Waals surface area contributed by atoms with Crippen LogP contribution in [0.5, 0.6) is 0 Å². The monoisotopic (exact) mass is 361 g/mol. The first kappa shape index (κ1) is 18.8. The molecule has 0 atom stereocenters. The van der Waals surface area contributed by atoms with E-state index >= 15 is 0 Å². The van der Waals surface area contributed by atoms with Crippen LogP contribution < -0.4 is 5.73 Å². The summed E-state index contributed by atoms with van der Waals surface area (Å²) in [5.74, 6) is -1.74. The topological polar surface area (TPSA) is 116 Å². The maximum Gasteiger partial charge on any atom is 0.338 e. The van der Waals surface area contributed by atoms with Crippen LogP contribution in [0.4, 0.5) is 15.8 Å². The third-order valence-electron chi connectivity index (χ3n) is 3.55. The van der Waals surface area contributed by atoms with E-state index in [0.29, 0.717) is 5.56 Å². The molecule has 2 aromatic rings. The lowest BCUT2D eigenvalue weighted by atomic mass is 10.2. The van der Waals surface area contributed by atoms with E-state index in [1.807, 2.05) is 0 Å². The second kappa shape index (κ2) is 8.06. The number of halogens is 1. The number of ether oxygens (including phenoxy) is 1. The molecule has 0 saturated heterocycles. The number of amides is 1. The van der Waals surface area contributed by atoms with Gasteiger partial charge in [-0.15, -0.1) is 0 Å². The average molecular weight is 361 g/mol. The van der Waals surface area contributed by atoms with E-state index < -0.39 is 29.1 Å². The normalized spacial score (nSPS) is 10.2. The number of hydrogen-bond acceptors (Lipinski definition) is 6. The smallest absolute Gasteiger partial charge is 0.338 e. The Hall–Kier alpha value is -3.49. The fourth-order valence-electron chi connectivity index (χ4n) is 2.10. The van der Waals surface area contributed by atoms with Gasteiger partial charge >= 0.3 is 5.97 Å². The summed E-state index contributed by atoms with van der Waals surface area (Å²) in [6.07, 6.45) is 0. The number of carbonyl (C=O) groups is 2. The van der Waals surface area contributed by atoms with Gasteiger partial charge in [0.1, 0.15) is 11.5 Å². The quantitative estimate of drug-likeness (QED) is 0.365. The van der Waals surface area contributed by atoms with Crippen molar-refractivity contribution in [3.05, 3.63) is 69.5 Å². The molecule has 0 heterocycles. The first-order chi connectivity index (χ1) is 12.3. The van der Waals surface area contributed by atoms with E-state index in [1.54, 1.807) is 12.1 Å². The molecule has 0 radical (unpaired) electrons. The molecule has 0 aliphatic carbocycles. The van der Waals surface area contributed by atoms with Gasteiger partial charge < -0.3 is 15.4 Å². The van der Waals surface area contributed by atoms with Gasteiger partial charge in [-0.05, 0) is 29.8 Å². The predicted octanol–water partition coefficient (Wildman–Crippen LogP) is 2.13. The lowest BCUT2D eigenvalue weighted by Gasteiger charge is -2.17. The van der Waals surface area contributed by atoms with E-state index in [0.717, 1.165) is 6.07 Å². The fraction of sp³-hybridized carbons (Fsp3) is 0.176. The summed E-state index contributed by atoms with van der Waals surface area (Å²) in [7, 11) is 1.51. The van der Waals surface area contributed by atoms with Crippen molar-refractivity contribution in [3.8, 4) is 0 Å². The van der Waals surface area contributed by atoms with Gasteiger partial charge in [0.2, 0.25) is 0 Å². The van der Waals surface area contributed by atoms with Crippen molar-refractivity contribution >= 4 is 23.3 Å². The van der Waals surface area contributed by atoms with Crippen LogP contribution in [-0.4, -0.2) is 35.4 Å². The molecule has 0 fully saturated rings. The number of likely N-dealkylation sites (N-methyl/N-ethyl adjacent to an activating group) is 1. The Morgan fingerprint density at radius 1 is 1.23 bits per heavy atom. The maximum atomic E-state index is 12.9. The molecule has 0 unspecified atom stereocenters. The van der Waals surface area contributed by atoms with Crippen LogP contribution in [0.2, 0.25) is 0 Å². The highest BCUT2D eigenvalue weighted by Gasteiger charge is 2.18. The summed E-state index contributed by atoms with van der Waals surface area (Å²) >= 11 is 0. The number of carbonyl (C=O) groups excluding carboxylic acids is 2. The molecule has 2 N–H and O–H groups in total. The zero-order valence-electron chi connectivity index (χ0n) is 13.8. The molecule has 136 valence electrons. The van der Waals surface area contributed by atoms with Crippen LogP contribution in [0, 0.1) is 15.9 Å². The lowest BCUT2D eigenvalue weighted by Crippen LogP contribution is -2.30. The summed E-state index contributed by atoms with van der Waals surface area (Å²) in [5, 5.41) is 10.8. The van der Waals surface area contributed by atoms with Gasteiger partial charge in [-0.25, -0.2) is 9.18 Å². The minimum atomic E-state index is -0.878. The Labute approximate surface area is 148 Å². The molecule has 0 saturated carbocycles. The molecule has 0 aromatic heterocycles. The number of benzene rings is 2. The first-order valence-electron chi connectivity index (χ1n) is 7.47. The van der Waals surface area contributed by atoms with Gasteiger partial charge in [0, 0.05) is 19.7 Å². The third kappa shape index (κ3) is 4.76. The second-order valence-electron chi connectivity index (χ2n) is 5.48. The van der Waals surface area contributed by atoms with Crippen molar-refractivity contribution < 1.29 is 23.6 Å². The lowest BCUT2D eigenvalue weighted by molar-refractivity contribution is -0.383. The average Bonchev–Trinajstić information content (AvgIpc) is 2.61. The third-order valence-corrected chi connectivity index (χ3v) is 3.55. The summed E-state index contributed by atoms with van der Waals surface area (Å²) in [5.41, 5.74) is 5.59. The Morgan fingerprint density at radius 3 is 2.50 bits per heavy atom. The van der Waals surface area contributed by atoms with E-state index in [9.17, 15) is 24.1 Å². The van der Waals surface area contributed by atoms with Crippen LogP contribution in [0.1, 0.15) is 15.9 Å². The standard InChI is InChI=1S/C17H16FN3O5/c1-20(9-11-2-5-13(18)6-3-11)16(22)10-26-17(23)12-4-7-14(19)15(8-12)21(24)25/h2-8H,9-10,19H2,1H3. The molecule has 0 bridgehead atoms. The van der Waals surface area contributed by atoms with Crippen LogP contribution in [0.15, 0.2) is 42.5 Å². The van der Waals surface area contributed by atoms with Crippen molar-refractivity contribution in [2.45, 2.75) is 6.54 Å². The molecule has 1 amide bonds. The van der Waals surface area contributed by atoms with Gasteiger partial charge in [0.15, 0.2) is 6.61 Å². The first-order valence-corrected chi connectivity index (χ1v) is 7.47. The van der Waals surface area contributed by atoms with Gasteiger partial charge in [-0.3, -0.25) is 14.9 Å². The molecule has 2 aromatic carbocycles. The second-order valence-corrected chi connectivity index (χ2v) is 5.48. The highest BCUT2D eigenvalue weighted by Crippen LogP contribution is 2.22. The van der Waals surface area contributed by atoms with Crippen LogP contribution in [0.25, 0.3) is 0 Å². The molecule has 0 aliphatic heterocycles. The Bertz CT molecular complexity index is 839. The summed E-state index contributed by atoms with van der Waals surface area (Å²) in [6, 6.07) is 9.12. The number of rotatable bonds is 6. The van der Waals surface area contributed by atoms with Gasteiger partial charge in [0.25, 0.3) is 11.6 Å². The van der Waals surface area contributed by atoms with E-state index in [1.165, 1.54) is 36.2 Å². The SMILES string of the molecule is CN(Cc1ccc(F)cc1)C(=O)COC(=O)c1ccc(N)c([N+](=O)[O-])c1. The number of hydrogen-bond donors (Lipinski definition) is 1. The number of nitro groups is 1. The van der Waals surface area contributed by atoms with E-state index in [2.05, 4.69) is 0 Å². The molecule has 2 rings (SSSR count).